The summed E-state index contributed by atoms with van der Waals surface area (Å²) < 4.78 is 0. The Labute approximate surface area is 234 Å². The predicted octanol–water partition coefficient (Wildman–Crippen LogP) is 1.96. The van der Waals surface area contributed by atoms with E-state index in [1.54, 1.807) is 0 Å². The van der Waals surface area contributed by atoms with Crippen LogP contribution in [0.4, 0.5) is 0 Å². The monoisotopic (exact) mass is 552 g/mol. The van der Waals surface area contributed by atoms with E-state index in [0.717, 1.165) is 11.1 Å². The maximum atomic E-state index is 13.4. The van der Waals surface area contributed by atoms with Crippen molar-refractivity contribution in [2.75, 3.05) is 13.1 Å². The average molecular weight is 553 g/mol. The molecular formula is C30H40N4O6. The number of nitrogens with two attached hydrogens (primary N) is 1. The van der Waals surface area contributed by atoms with Crippen molar-refractivity contribution in [3.05, 3.63) is 71.8 Å². The van der Waals surface area contributed by atoms with Gasteiger partial charge < -0.3 is 26.2 Å². The number of hydrogen-bond acceptors (Lipinski definition) is 6. The molecule has 3 rings (SSSR count). The van der Waals surface area contributed by atoms with Crippen LogP contribution in [0.3, 0.4) is 0 Å². The van der Waals surface area contributed by atoms with Crippen molar-refractivity contribution in [1.29, 1.82) is 0 Å². The molecule has 1 aliphatic heterocycles. The zero-order valence-corrected chi connectivity index (χ0v) is 22.7. The number of carbonyl (C=O) groups excluding carboxylic acids is 2. The number of nitrogens with one attached hydrogen (secondary N) is 2. The van der Waals surface area contributed by atoms with Gasteiger partial charge in [-0.3, -0.25) is 19.7 Å². The number of aliphatic carboxylic acids is 2. The van der Waals surface area contributed by atoms with Crippen LogP contribution in [0, 0.1) is 0 Å². The third-order valence-corrected chi connectivity index (χ3v) is 7.24. The highest BCUT2D eigenvalue weighted by molar-refractivity contribution is 5.88. The molecule has 0 saturated carbocycles. The summed E-state index contributed by atoms with van der Waals surface area (Å²) in [7, 11) is 0. The maximum absolute atomic E-state index is 13.4. The van der Waals surface area contributed by atoms with Crippen molar-refractivity contribution in [2.45, 2.75) is 75.5 Å². The molecule has 1 aliphatic rings. The molecule has 2 amide bonds. The van der Waals surface area contributed by atoms with Crippen molar-refractivity contribution in [2.24, 2.45) is 5.73 Å². The number of carbonyl (C=O) groups is 4. The first-order valence-electron chi connectivity index (χ1n) is 13.9. The zero-order valence-electron chi connectivity index (χ0n) is 22.7. The highest BCUT2D eigenvalue weighted by atomic mass is 16.4. The summed E-state index contributed by atoms with van der Waals surface area (Å²) >= 11 is 0. The quantitative estimate of drug-likeness (QED) is 0.197. The molecule has 2 aromatic rings. The van der Waals surface area contributed by atoms with Gasteiger partial charge in [-0.25, -0.2) is 4.79 Å². The summed E-state index contributed by atoms with van der Waals surface area (Å²) in [5, 5.41) is 25.3. The normalized spacial score (nSPS) is 17.1. The van der Waals surface area contributed by atoms with Gasteiger partial charge in [-0.2, -0.15) is 0 Å². The lowest BCUT2D eigenvalue weighted by Crippen LogP contribution is -2.54. The minimum atomic E-state index is -1.07. The van der Waals surface area contributed by atoms with Crippen molar-refractivity contribution < 1.29 is 29.4 Å². The molecule has 0 aromatic heterocycles. The summed E-state index contributed by atoms with van der Waals surface area (Å²) in [6, 6.07) is 15.6. The Bertz CT molecular complexity index is 1110. The number of amides is 2. The molecule has 216 valence electrons. The van der Waals surface area contributed by atoms with Crippen molar-refractivity contribution in [1.82, 2.24) is 15.5 Å². The summed E-state index contributed by atoms with van der Waals surface area (Å²) in [5.41, 5.74) is 8.00. The van der Waals surface area contributed by atoms with Crippen molar-refractivity contribution >= 4 is 23.8 Å². The first-order valence-corrected chi connectivity index (χ1v) is 13.9. The Morgan fingerprint density at radius 2 is 1.55 bits per heavy atom. The molecule has 1 saturated heterocycles. The van der Waals surface area contributed by atoms with Crippen LogP contribution < -0.4 is 16.4 Å². The Kier molecular flexibility index (Phi) is 12.1. The summed E-state index contributed by atoms with van der Waals surface area (Å²) in [5.74, 6) is -2.78. The van der Waals surface area contributed by atoms with Gasteiger partial charge in [0.15, 0.2) is 0 Å². The van der Waals surface area contributed by atoms with Gasteiger partial charge in [-0.05, 0) is 62.5 Å². The molecule has 2 aromatic carbocycles. The highest BCUT2D eigenvalue weighted by Gasteiger charge is 2.38. The van der Waals surface area contributed by atoms with Crippen LogP contribution in [-0.4, -0.2) is 76.1 Å². The second kappa shape index (κ2) is 15.7. The number of carboxylic acid groups (broad SMARTS) is 2. The molecule has 0 aliphatic carbocycles. The number of hydrogen-bond donors (Lipinski definition) is 5. The fraction of sp³-hybridized carbons (Fsp3) is 0.467. The molecule has 10 heteroatoms. The van der Waals surface area contributed by atoms with E-state index in [1.807, 2.05) is 60.7 Å². The van der Waals surface area contributed by atoms with E-state index in [1.165, 1.54) is 4.90 Å². The fourth-order valence-corrected chi connectivity index (χ4v) is 5.02. The Morgan fingerprint density at radius 3 is 2.17 bits per heavy atom. The molecule has 40 heavy (non-hydrogen) atoms. The van der Waals surface area contributed by atoms with Gasteiger partial charge >= 0.3 is 11.9 Å². The van der Waals surface area contributed by atoms with E-state index < -0.39 is 42.0 Å². The molecule has 6 N–H and O–H groups in total. The minimum Gasteiger partial charge on any atom is -0.480 e. The Balaban J connectivity index is 1.56. The Morgan fingerprint density at radius 1 is 0.900 bits per heavy atom. The first-order chi connectivity index (χ1) is 19.3. The molecule has 4 atom stereocenters. The smallest absolute Gasteiger partial charge is 0.326 e. The molecule has 0 unspecified atom stereocenters. The summed E-state index contributed by atoms with van der Waals surface area (Å²) in [4.78, 5) is 51.0. The molecule has 0 radical (unpaired) electrons. The van der Waals surface area contributed by atoms with Crippen LogP contribution in [0.2, 0.25) is 0 Å². The van der Waals surface area contributed by atoms with Crippen LogP contribution in [0.5, 0.6) is 0 Å². The molecule has 1 fully saturated rings. The lowest BCUT2D eigenvalue weighted by molar-refractivity contribution is -0.149. The van der Waals surface area contributed by atoms with Crippen LogP contribution in [0.25, 0.3) is 0 Å². The predicted molar refractivity (Wildman–Crippen MR) is 150 cm³/mol. The topological polar surface area (TPSA) is 162 Å². The van der Waals surface area contributed by atoms with E-state index in [9.17, 15) is 29.4 Å². The average Bonchev–Trinajstić information content (AvgIpc) is 3.45. The Hall–Kier alpha value is -3.76. The van der Waals surface area contributed by atoms with Crippen molar-refractivity contribution in [3.8, 4) is 0 Å². The van der Waals surface area contributed by atoms with Crippen LogP contribution in [-0.2, 0) is 32.0 Å². The van der Waals surface area contributed by atoms with Gasteiger partial charge in [-0.15, -0.1) is 0 Å². The number of rotatable bonds is 16. The SMILES string of the molecule is N[C@@H](Cc1ccccc1)C(=O)NCCCC[C@H](N[C@@H](CCc1ccccc1)C(=O)O)C(=O)N1CCC[C@H]1C(=O)O. The lowest BCUT2D eigenvalue weighted by Gasteiger charge is -2.29. The van der Waals surface area contributed by atoms with Gasteiger partial charge in [0.05, 0.1) is 12.1 Å². The largest absolute Gasteiger partial charge is 0.480 e. The minimum absolute atomic E-state index is 0.261. The van der Waals surface area contributed by atoms with Crippen molar-refractivity contribution in [3.63, 3.8) is 0 Å². The maximum Gasteiger partial charge on any atom is 0.326 e. The van der Waals surface area contributed by atoms with E-state index in [0.29, 0.717) is 58.0 Å². The number of benzene rings is 2. The molecule has 1 heterocycles. The van der Waals surface area contributed by atoms with Gasteiger partial charge in [-0.1, -0.05) is 60.7 Å². The number of nitrogens with zero attached hydrogens (tertiary/aromatic N) is 1. The van der Waals surface area contributed by atoms with Gasteiger partial charge in [0.1, 0.15) is 12.1 Å². The van der Waals surface area contributed by atoms with E-state index in [2.05, 4.69) is 10.6 Å². The second-order valence-corrected chi connectivity index (χ2v) is 10.2. The molecule has 0 spiro atoms. The van der Waals surface area contributed by atoms with Gasteiger partial charge in [0, 0.05) is 13.1 Å². The van der Waals surface area contributed by atoms with E-state index >= 15 is 0 Å². The van der Waals surface area contributed by atoms with Crippen LogP contribution in [0.1, 0.15) is 49.7 Å². The van der Waals surface area contributed by atoms with E-state index in [4.69, 9.17) is 5.73 Å². The molecule has 0 bridgehead atoms. The number of carboxylic acids is 2. The summed E-state index contributed by atoms with van der Waals surface area (Å²) in [6.45, 7) is 0.686. The highest BCUT2D eigenvalue weighted by Crippen LogP contribution is 2.20. The third kappa shape index (κ3) is 9.46. The van der Waals surface area contributed by atoms with E-state index in [-0.39, 0.29) is 12.3 Å². The molecular weight excluding hydrogens is 512 g/mol. The lowest BCUT2D eigenvalue weighted by atomic mass is 10.0. The fourth-order valence-electron chi connectivity index (χ4n) is 5.02. The van der Waals surface area contributed by atoms with Gasteiger partial charge in [0.25, 0.3) is 0 Å². The van der Waals surface area contributed by atoms with Crippen LogP contribution in [0.15, 0.2) is 60.7 Å². The van der Waals surface area contributed by atoms with Gasteiger partial charge in [0.2, 0.25) is 11.8 Å². The van der Waals surface area contributed by atoms with Crippen LogP contribution >= 0.6 is 0 Å². The standard InChI is InChI=1S/C30H40N4O6/c31-23(20-22-12-5-2-6-13-22)27(35)32-18-8-7-14-24(28(36)34-19-9-15-26(34)30(39)40)33-25(29(37)38)17-16-21-10-3-1-4-11-21/h1-6,10-13,23-26,33H,7-9,14-20,31H2,(H,32,35)(H,37,38)(H,39,40)/t23-,24-,25-,26-/m0/s1. The third-order valence-electron chi connectivity index (χ3n) is 7.24. The molecule has 10 nitrogen and oxygen atoms in total. The summed E-state index contributed by atoms with van der Waals surface area (Å²) in [6.07, 6.45) is 3.56. The first kappa shape index (κ1) is 30.8. The number of unbranched alkanes of at least 4 members (excludes halogenated alkanes) is 1. The second-order valence-electron chi connectivity index (χ2n) is 10.2. The number of likely N-dealkylation sites (tertiary alicyclic amines) is 1. The number of aryl methyl sites for hydroxylation is 1. The zero-order chi connectivity index (χ0) is 28.9.